The molecule has 52 heavy (non-hydrogen) atoms. The molecule has 0 radical (unpaired) electrons. The van der Waals surface area contributed by atoms with Crippen molar-refractivity contribution < 1.29 is 47.4 Å². The van der Waals surface area contributed by atoms with Gasteiger partial charge < -0.3 is 42.6 Å². The van der Waals surface area contributed by atoms with E-state index in [2.05, 4.69) is 33.1 Å². The highest BCUT2D eigenvalue weighted by Gasteiger charge is 2.61. The predicted octanol–water partition coefficient (Wildman–Crippen LogP) is 5.67. The van der Waals surface area contributed by atoms with Gasteiger partial charge in [-0.3, -0.25) is 4.79 Å². The van der Waals surface area contributed by atoms with E-state index in [9.17, 15) is 10.1 Å². The monoisotopic (exact) mass is 725 g/mol. The van der Waals surface area contributed by atoms with Crippen LogP contribution in [0.5, 0.6) is 0 Å². The van der Waals surface area contributed by atoms with E-state index in [-0.39, 0.29) is 103 Å². The summed E-state index contributed by atoms with van der Waals surface area (Å²) >= 11 is 0. The van der Waals surface area contributed by atoms with E-state index in [1.807, 2.05) is 0 Å². The van der Waals surface area contributed by atoms with Crippen molar-refractivity contribution in [3.8, 4) is 6.07 Å². The van der Waals surface area contributed by atoms with E-state index >= 15 is 0 Å². The number of nitriles is 1. The van der Waals surface area contributed by atoms with Gasteiger partial charge in [-0.15, -0.1) is 0 Å². The van der Waals surface area contributed by atoms with Crippen LogP contribution >= 0.6 is 0 Å². The van der Waals surface area contributed by atoms with Crippen LogP contribution in [0.1, 0.15) is 104 Å². The van der Waals surface area contributed by atoms with E-state index in [0.29, 0.717) is 44.4 Å². The predicted molar refractivity (Wildman–Crippen MR) is 188 cm³/mol. The lowest BCUT2D eigenvalue weighted by atomic mass is 9.81. The maximum Gasteiger partial charge on any atom is 0.158 e. The van der Waals surface area contributed by atoms with Crippen molar-refractivity contribution in [3.63, 3.8) is 0 Å². The van der Waals surface area contributed by atoms with Crippen LogP contribution in [0.4, 0.5) is 0 Å². The summed E-state index contributed by atoms with van der Waals surface area (Å²) in [6.45, 7) is 13.3. The highest BCUT2D eigenvalue weighted by molar-refractivity contribution is 5.79. The molecule has 11 bridgehead atoms. The van der Waals surface area contributed by atoms with Gasteiger partial charge >= 0.3 is 0 Å². The zero-order chi connectivity index (χ0) is 36.1. The highest BCUT2D eigenvalue weighted by atomic mass is 16.7. The summed E-state index contributed by atoms with van der Waals surface area (Å²) in [5.74, 6) is 0.247. The molecule has 8 aliphatic heterocycles. The molecule has 8 aliphatic rings. The molecule has 0 N–H and O–H groups in total. The normalized spacial score (nSPS) is 49.5. The lowest BCUT2D eigenvalue weighted by Crippen LogP contribution is -2.61. The van der Waals surface area contributed by atoms with Crippen molar-refractivity contribution >= 4 is 5.78 Å². The second-order valence-corrected chi connectivity index (χ2v) is 16.8. The number of hydrogen-bond acceptors (Lipinski definition) is 11. The smallest absolute Gasteiger partial charge is 0.158 e. The van der Waals surface area contributed by atoms with Gasteiger partial charge in [0.2, 0.25) is 0 Å². The third-order valence-electron chi connectivity index (χ3n) is 13.4. The first-order valence-electron chi connectivity index (χ1n) is 20.2. The molecule has 0 aromatic rings. The van der Waals surface area contributed by atoms with Crippen molar-refractivity contribution in [1.29, 1.82) is 5.26 Å². The fourth-order valence-electron chi connectivity index (χ4n) is 10.7. The zero-order valence-electron chi connectivity index (χ0n) is 31.2. The number of fused-ring (bicyclic) bond motifs is 7. The molecular weight excluding hydrogens is 666 g/mol. The molecule has 18 atom stereocenters. The molecule has 0 aliphatic carbocycles. The Morgan fingerprint density at radius 3 is 2.27 bits per heavy atom. The van der Waals surface area contributed by atoms with Gasteiger partial charge in [-0.1, -0.05) is 27.0 Å². The van der Waals surface area contributed by atoms with Crippen LogP contribution in [0.3, 0.4) is 0 Å². The van der Waals surface area contributed by atoms with Crippen LogP contribution in [0.25, 0.3) is 0 Å². The molecule has 0 amide bonds. The third kappa shape index (κ3) is 7.34. The molecule has 0 spiro atoms. The van der Waals surface area contributed by atoms with Crippen LogP contribution < -0.4 is 0 Å². The number of ketones is 1. The lowest BCUT2D eigenvalue weighted by Gasteiger charge is -2.47. The molecular formula is C41H59NO10. The van der Waals surface area contributed by atoms with E-state index in [1.165, 1.54) is 0 Å². The van der Waals surface area contributed by atoms with Gasteiger partial charge in [0.15, 0.2) is 6.29 Å². The molecule has 11 unspecified atom stereocenters. The molecule has 0 aromatic carbocycles. The Morgan fingerprint density at radius 2 is 1.46 bits per heavy atom. The Balaban J connectivity index is 1.06. The van der Waals surface area contributed by atoms with Crippen LogP contribution in [0.15, 0.2) is 24.3 Å². The van der Waals surface area contributed by atoms with Gasteiger partial charge in [-0.25, -0.2) is 0 Å². The van der Waals surface area contributed by atoms with Crippen molar-refractivity contribution in [1.82, 2.24) is 0 Å². The van der Waals surface area contributed by atoms with Crippen LogP contribution in [-0.4, -0.2) is 111 Å². The summed E-state index contributed by atoms with van der Waals surface area (Å²) < 4.78 is 59.7. The Bertz CT molecular complexity index is 1370. The summed E-state index contributed by atoms with van der Waals surface area (Å²) in [5.41, 5.74) is 2.22. The Kier molecular flexibility index (Phi) is 11.3. The number of hydrogen-bond donors (Lipinski definition) is 0. The zero-order valence-corrected chi connectivity index (χ0v) is 31.2. The van der Waals surface area contributed by atoms with Crippen molar-refractivity contribution in [2.24, 2.45) is 11.8 Å². The minimum atomic E-state index is -0.427. The van der Waals surface area contributed by atoms with Gasteiger partial charge in [0.1, 0.15) is 36.3 Å². The summed E-state index contributed by atoms with van der Waals surface area (Å²) in [7, 11) is 1.68. The molecule has 11 heteroatoms. The summed E-state index contributed by atoms with van der Waals surface area (Å²) in [6.07, 6.45) is 6.22. The van der Waals surface area contributed by atoms with E-state index in [0.717, 1.165) is 62.5 Å². The van der Waals surface area contributed by atoms with Crippen LogP contribution in [-0.2, 0) is 47.4 Å². The van der Waals surface area contributed by atoms with E-state index in [4.69, 9.17) is 42.6 Å². The van der Waals surface area contributed by atoms with Gasteiger partial charge in [-0.2, -0.15) is 5.26 Å². The fraction of sp³-hybridized carbons (Fsp3) is 0.854. The van der Waals surface area contributed by atoms with Gasteiger partial charge in [0, 0.05) is 45.1 Å². The molecule has 8 saturated heterocycles. The summed E-state index contributed by atoms with van der Waals surface area (Å²) in [4.78, 5) is 14.0. The quantitative estimate of drug-likeness (QED) is 0.333. The van der Waals surface area contributed by atoms with Crippen molar-refractivity contribution in [3.05, 3.63) is 24.3 Å². The third-order valence-corrected chi connectivity index (χ3v) is 13.4. The lowest BCUT2D eigenvalue weighted by molar-refractivity contribution is -0.283. The highest BCUT2D eigenvalue weighted by Crippen LogP contribution is 2.46. The van der Waals surface area contributed by atoms with E-state index in [1.54, 1.807) is 7.11 Å². The van der Waals surface area contributed by atoms with E-state index < -0.39 is 6.29 Å². The topological polar surface area (TPSA) is 124 Å². The number of rotatable bonds is 4. The number of carbonyl (C=O) groups excluding carboxylic acids is 1. The second kappa shape index (κ2) is 15.8. The van der Waals surface area contributed by atoms with Crippen LogP contribution in [0, 0.1) is 23.2 Å². The Hall–Kier alpha value is -1.72. The Labute approximate surface area is 308 Å². The Morgan fingerprint density at radius 1 is 0.731 bits per heavy atom. The minimum absolute atomic E-state index is 0.00643. The first kappa shape index (κ1) is 37.2. The number of ether oxygens (including phenoxy) is 9. The number of carbonyl (C=O) groups is 1. The first-order valence-corrected chi connectivity index (χ1v) is 20.2. The number of methoxy groups -OCH3 is 1. The average Bonchev–Trinajstić information content (AvgIpc) is 3.75. The standard InChI is InChI=1S/C41H59NO10/c1-6-29-37-39-41(49-29)40-38-32(50-39)13-10-27(47-38)18-24(43)19-28-34(48-31(8-7-15-42)36(28)44-5)20-33-23(4)21(2)16-25(46-33)9-12-30-22(3)17-26(45-30)11-14-35(51-37)52-40/h21,25-41H,3-4,6-14,16-20H2,1-2,5H3/t21?,25-,26?,27?,28?,29?,30?,31?,32?,33+,34?,35+,36+,37?,38-,39-,40?,41+/m0/s1. The van der Waals surface area contributed by atoms with Gasteiger partial charge in [-0.05, 0) is 74.9 Å². The molecule has 288 valence electrons. The maximum absolute atomic E-state index is 14.0. The molecule has 0 aromatic heterocycles. The molecule has 8 rings (SSSR count). The minimum Gasteiger partial charge on any atom is -0.378 e. The molecule has 11 nitrogen and oxygen atoms in total. The van der Waals surface area contributed by atoms with Crippen molar-refractivity contribution in [2.75, 3.05) is 7.11 Å². The summed E-state index contributed by atoms with van der Waals surface area (Å²) in [5, 5.41) is 9.40. The van der Waals surface area contributed by atoms with Gasteiger partial charge in [0.25, 0.3) is 0 Å². The van der Waals surface area contributed by atoms with Crippen LogP contribution in [0.2, 0.25) is 0 Å². The average molecular weight is 726 g/mol. The largest absolute Gasteiger partial charge is 0.378 e. The number of nitrogens with zero attached hydrogens (tertiary/aromatic N) is 1. The molecule has 8 fully saturated rings. The summed E-state index contributed by atoms with van der Waals surface area (Å²) in [6, 6.07) is 2.26. The second-order valence-electron chi connectivity index (χ2n) is 16.8. The SMILES string of the molecule is C=C1CC2CC[C@@H]3OC4C(CC)O[C@H]5C(O3)[C@H]3OC(CCC3O[C@@H]45)CC(=O)CC3C(C[C@H]4O[C@@H](CCC1O2)CC(C)C4=C)OC(CCC#N)[C@@H]3OC. The van der Waals surface area contributed by atoms with Gasteiger partial charge in [0.05, 0.1) is 67.1 Å². The molecule has 8 heterocycles. The molecule has 0 saturated carbocycles. The first-order chi connectivity index (χ1) is 25.2. The number of Topliss-reactive ketones (excluding diaryl/α,β-unsaturated/α-hetero) is 1. The fourth-order valence-corrected chi connectivity index (χ4v) is 10.7. The van der Waals surface area contributed by atoms with Crippen molar-refractivity contribution in [2.45, 2.75) is 202 Å². The maximum atomic E-state index is 14.0.